The number of hydrogen-bond donors (Lipinski definition) is 1. The van der Waals surface area contributed by atoms with E-state index < -0.39 is 6.04 Å². The van der Waals surface area contributed by atoms with E-state index in [1.165, 1.54) is 18.5 Å². The molecule has 2 aromatic rings. The molecule has 0 saturated heterocycles. The van der Waals surface area contributed by atoms with Crippen molar-refractivity contribution in [2.75, 3.05) is 0 Å². The van der Waals surface area contributed by atoms with Crippen LogP contribution >= 0.6 is 11.6 Å². The van der Waals surface area contributed by atoms with Crippen molar-refractivity contribution in [1.82, 2.24) is 9.97 Å². The van der Waals surface area contributed by atoms with Gasteiger partial charge in [0.05, 0.1) is 6.04 Å². The molecule has 0 bridgehead atoms. The van der Waals surface area contributed by atoms with Crippen LogP contribution in [0.1, 0.15) is 17.2 Å². The summed E-state index contributed by atoms with van der Waals surface area (Å²) in [7, 11) is 0. The van der Waals surface area contributed by atoms with E-state index in [9.17, 15) is 4.39 Å². The number of benzene rings is 1. The second-order valence-electron chi connectivity index (χ2n) is 3.32. The zero-order valence-electron chi connectivity index (χ0n) is 8.27. The van der Waals surface area contributed by atoms with Crippen LogP contribution in [0, 0.1) is 5.82 Å². The number of nitrogens with two attached hydrogens (primary N) is 1. The SMILES string of the molecule is NC(c1cncnc1)c1ccc(F)cc1Cl. The largest absolute Gasteiger partial charge is 0.320 e. The van der Waals surface area contributed by atoms with Gasteiger partial charge in [-0.05, 0) is 17.7 Å². The van der Waals surface area contributed by atoms with Crippen molar-refractivity contribution in [1.29, 1.82) is 0 Å². The van der Waals surface area contributed by atoms with Crippen LogP contribution in [0.3, 0.4) is 0 Å². The van der Waals surface area contributed by atoms with Gasteiger partial charge < -0.3 is 5.73 Å². The molecule has 0 amide bonds. The molecule has 1 unspecified atom stereocenters. The van der Waals surface area contributed by atoms with Crippen LogP contribution in [-0.2, 0) is 0 Å². The molecule has 0 aliphatic carbocycles. The predicted octanol–water partition coefficient (Wildman–Crippen LogP) is 2.32. The van der Waals surface area contributed by atoms with E-state index in [1.807, 2.05) is 0 Å². The lowest BCUT2D eigenvalue weighted by Gasteiger charge is -2.13. The van der Waals surface area contributed by atoms with E-state index in [0.29, 0.717) is 10.6 Å². The third-order valence-corrected chi connectivity index (χ3v) is 2.56. The molecule has 3 nitrogen and oxygen atoms in total. The van der Waals surface area contributed by atoms with Crippen LogP contribution in [0.4, 0.5) is 4.39 Å². The average molecular weight is 238 g/mol. The van der Waals surface area contributed by atoms with E-state index in [4.69, 9.17) is 17.3 Å². The molecule has 0 aliphatic rings. The van der Waals surface area contributed by atoms with Crippen molar-refractivity contribution in [3.8, 4) is 0 Å². The van der Waals surface area contributed by atoms with E-state index >= 15 is 0 Å². The fourth-order valence-electron chi connectivity index (χ4n) is 1.40. The highest BCUT2D eigenvalue weighted by atomic mass is 35.5. The maximum absolute atomic E-state index is 12.9. The Hall–Kier alpha value is -1.52. The van der Waals surface area contributed by atoms with Crippen molar-refractivity contribution >= 4 is 11.6 Å². The number of nitrogens with zero attached hydrogens (tertiary/aromatic N) is 2. The van der Waals surface area contributed by atoms with Gasteiger partial charge in [-0.15, -0.1) is 0 Å². The van der Waals surface area contributed by atoms with Crippen molar-refractivity contribution in [3.05, 3.63) is 58.9 Å². The summed E-state index contributed by atoms with van der Waals surface area (Å²) in [4.78, 5) is 7.74. The van der Waals surface area contributed by atoms with Gasteiger partial charge >= 0.3 is 0 Å². The summed E-state index contributed by atoms with van der Waals surface area (Å²) in [5.41, 5.74) is 7.36. The number of halogens is 2. The molecule has 5 heteroatoms. The highest BCUT2D eigenvalue weighted by molar-refractivity contribution is 6.31. The van der Waals surface area contributed by atoms with E-state index in [1.54, 1.807) is 18.5 Å². The Morgan fingerprint density at radius 3 is 2.56 bits per heavy atom. The molecule has 1 aromatic carbocycles. The van der Waals surface area contributed by atoms with Gasteiger partial charge in [-0.25, -0.2) is 14.4 Å². The Labute approximate surface area is 97.1 Å². The minimum Gasteiger partial charge on any atom is -0.320 e. The minimum absolute atomic E-state index is 0.302. The summed E-state index contributed by atoms with van der Waals surface area (Å²) >= 11 is 5.91. The Morgan fingerprint density at radius 2 is 1.94 bits per heavy atom. The standard InChI is InChI=1S/C11H9ClFN3/c12-10-3-8(13)1-2-9(10)11(14)7-4-15-6-16-5-7/h1-6,11H,14H2. The normalized spacial score (nSPS) is 12.4. The summed E-state index contributed by atoms with van der Waals surface area (Å²) < 4.78 is 12.9. The molecule has 82 valence electrons. The molecule has 1 heterocycles. The molecule has 2 rings (SSSR count). The molecule has 1 aromatic heterocycles. The lowest BCUT2D eigenvalue weighted by Crippen LogP contribution is -2.13. The molecular weight excluding hydrogens is 229 g/mol. The first-order valence-corrected chi connectivity index (χ1v) is 5.01. The number of hydrogen-bond acceptors (Lipinski definition) is 3. The molecule has 2 N–H and O–H groups in total. The summed E-state index contributed by atoms with van der Waals surface area (Å²) in [6.45, 7) is 0. The Kier molecular flexibility index (Phi) is 3.12. The third-order valence-electron chi connectivity index (χ3n) is 2.24. The van der Waals surface area contributed by atoms with Gasteiger partial charge in [-0.3, -0.25) is 0 Å². The van der Waals surface area contributed by atoms with Gasteiger partial charge in [0.15, 0.2) is 0 Å². The average Bonchev–Trinajstić information content (AvgIpc) is 2.29. The zero-order chi connectivity index (χ0) is 11.5. The van der Waals surface area contributed by atoms with Crippen molar-refractivity contribution in [3.63, 3.8) is 0 Å². The van der Waals surface area contributed by atoms with Crippen molar-refractivity contribution in [2.45, 2.75) is 6.04 Å². The molecule has 0 saturated carbocycles. The fourth-order valence-corrected chi connectivity index (χ4v) is 1.69. The maximum atomic E-state index is 12.9. The molecule has 16 heavy (non-hydrogen) atoms. The van der Waals surface area contributed by atoms with Gasteiger partial charge in [-0.1, -0.05) is 17.7 Å². The number of rotatable bonds is 2. The second-order valence-corrected chi connectivity index (χ2v) is 3.72. The van der Waals surface area contributed by atoms with Gasteiger partial charge in [0.25, 0.3) is 0 Å². The van der Waals surface area contributed by atoms with Crippen LogP contribution in [0.25, 0.3) is 0 Å². The Balaban J connectivity index is 2.38. The lowest BCUT2D eigenvalue weighted by molar-refractivity contribution is 0.626. The van der Waals surface area contributed by atoms with E-state index in [2.05, 4.69) is 9.97 Å². The third kappa shape index (κ3) is 2.18. The fraction of sp³-hybridized carbons (Fsp3) is 0.0909. The summed E-state index contributed by atoms with van der Waals surface area (Å²) in [6.07, 6.45) is 4.64. The molecular formula is C11H9ClFN3. The van der Waals surface area contributed by atoms with Crippen LogP contribution in [-0.4, -0.2) is 9.97 Å². The maximum Gasteiger partial charge on any atom is 0.124 e. The highest BCUT2D eigenvalue weighted by Crippen LogP contribution is 2.26. The summed E-state index contributed by atoms with van der Waals surface area (Å²) in [5.74, 6) is -0.384. The first-order chi connectivity index (χ1) is 7.68. The summed E-state index contributed by atoms with van der Waals surface area (Å²) in [5, 5.41) is 0.302. The second kappa shape index (κ2) is 4.55. The molecule has 0 spiro atoms. The number of aromatic nitrogens is 2. The predicted molar refractivity (Wildman–Crippen MR) is 59.5 cm³/mol. The van der Waals surface area contributed by atoms with E-state index in [-0.39, 0.29) is 5.82 Å². The molecule has 0 fully saturated rings. The van der Waals surface area contributed by atoms with Crippen molar-refractivity contribution < 1.29 is 4.39 Å². The zero-order valence-corrected chi connectivity index (χ0v) is 9.03. The van der Waals surface area contributed by atoms with E-state index in [0.717, 1.165) is 5.56 Å². The smallest absolute Gasteiger partial charge is 0.124 e. The molecule has 0 radical (unpaired) electrons. The van der Waals surface area contributed by atoms with Crippen LogP contribution in [0.2, 0.25) is 5.02 Å². The first kappa shape index (κ1) is 11.0. The highest BCUT2D eigenvalue weighted by Gasteiger charge is 2.13. The monoisotopic (exact) mass is 237 g/mol. The van der Waals surface area contributed by atoms with Crippen LogP contribution in [0.5, 0.6) is 0 Å². The quantitative estimate of drug-likeness (QED) is 0.872. The van der Waals surface area contributed by atoms with Gasteiger partial charge in [0.1, 0.15) is 12.1 Å². The van der Waals surface area contributed by atoms with Crippen molar-refractivity contribution in [2.24, 2.45) is 5.73 Å². The minimum atomic E-state index is -0.450. The van der Waals surface area contributed by atoms with Crippen LogP contribution < -0.4 is 5.73 Å². The topological polar surface area (TPSA) is 51.8 Å². The van der Waals surface area contributed by atoms with Gasteiger partial charge in [-0.2, -0.15) is 0 Å². The van der Waals surface area contributed by atoms with Gasteiger partial charge in [0.2, 0.25) is 0 Å². The summed E-state index contributed by atoms with van der Waals surface area (Å²) in [6, 6.07) is 3.68. The molecule has 0 aliphatic heterocycles. The van der Waals surface area contributed by atoms with Crippen LogP contribution in [0.15, 0.2) is 36.9 Å². The Morgan fingerprint density at radius 1 is 1.25 bits per heavy atom. The van der Waals surface area contributed by atoms with Gasteiger partial charge in [0, 0.05) is 23.0 Å². The molecule has 1 atom stereocenters. The Bertz CT molecular complexity index is 490. The first-order valence-electron chi connectivity index (χ1n) is 4.64. The lowest BCUT2D eigenvalue weighted by atomic mass is 10.0.